The Morgan fingerprint density at radius 2 is 1.86 bits per heavy atom. The van der Waals surface area contributed by atoms with Crippen molar-refractivity contribution in [3.05, 3.63) is 76.0 Å². The molecule has 216 valence electrons. The van der Waals surface area contributed by atoms with Gasteiger partial charge in [0.25, 0.3) is 5.91 Å². The zero-order valence-electron chi connectivity index (χ0n) is 22.9. The number of nitrogen functional groups attached to an aromatic ring is 1. The number of likely N-dealkylation sites (tertiary alicyclic amines) is 1. The number of amides is 3. The Morgan fingerprint density at radius 3 is 2.62 bits per heavy atom. The molecule has 6 rings (SSSR count). The number of hydrogen-bond acceptors (Lipinski definition) is 8. The van der Waals surface area contributed by atoms with Crippen molar-refractivity contribution in [1.29, 1.82) is 5.41 Å². The summed E-state index contributed by atoms with van der Waals surface area (Å²) in [7, 11) is 0. The van der Waals surface area contributed by atoms with Crippen LogP contribution in [-0.2, 0) is 19.1 Å². The topological polar surface area (TPSA) is 160 Å². The summed E-state index contributed by atoms with van der Waals surface area (Å²) in [4.78, 5) is 46.8. The number of hydrogen-bond donors (Lipinski definition) is 4. The van der Waals surface area contributed by atoms with Crippen molar-refractivity contribution in [2.24, 2.45) is 5.73 Å². The highest BCUT2D eigenvalue weighted by Crippen LogP contribution is 2.35. The Kier molecular flexibility index (Phi) is 7.35. The van der Waals surface area contributed by atoms with Gasteiger partial charge in [-0.2, -0.15) is 0 Å². The number of thiophene rings is 1. The number of nitrogens with two attached hydrogens (primary N) is 1. The monoisotopic (exact) mass is 586 g/mol. The number of amidine groups is 1. The number of pyridine rings is 1. The Morgan fingerprint density at radius 1 is 1.10 bits per heavy atom. The predicted molar refractivity (Wildman–Crippen MR) is 158 cm³/mol. The van der Waals surface area contributed by atoms with Gasteiger partial charge in [0.2, 0.25) is 11.8 Å². The first-order valence-electron chi connectivity index (χ1n) is 13.6. The minimum absolute atomic E-state index is 0.0445. The lowest BCUT2D eigenvalue weighted by Crippen LogP contribution is -2.49. The first-order valence-corrected chi connectivity index (χ1v) is 14.5. The zero-order valence-corrected chi connectivity index (χ0v) is 23.7. The molecular formula is C30H30N6O5S. The van der Waals surface area contributed by atoms with Crippen LogP contribution in [0.3, 0.4) is 0 Å². The number of carbonyl (C=O) groups is 3. The normalized spacial score (nSPS) is 18.4. The molecule has 0 saturated carbocycles. The molecule has 0 bridgehead atoms. The highest BCUT2D eigenvalue weighted by molar-refractivity contribution is 7.10. The van der Waals surface area contributed by atoms with Crippen LogP contribution in [0.15, 0.2) is 60.0 Å². The van der Waals surface area contributed by atoms with E-state index in [0.29, 0.717) is 24.3 Å². The van der Waals surface area contributed by atoms with Gasteiger partial charge in [0.1, 0.15) is 11.9 Å². The van der Waals surface area contributed by atoms with Crippen molar-refractivity contribution in [2.45, 2.75) is 31.2 Å². The molecule has 1 spiro atoms. The van der Waals surface area contributed by atoms with Gasteiger partial charge in [0.15, 0.2) is 5.79 Å². The lowest BCUT2D eigenvalue weighted by Gasteiger charge is -2.25. The molecule has 0 aliphatic carbocycles. The van der Waals surface area contributed by atoms with Gasteiger partial charge in [-0.25, -0.2) is 4.98 Å². The maximum absolute atomic E-state index is 13.4. The van der Waals surface area contributed by atoms with E-state index < -0.39 is 23.6 Å². The lowest BCUT2D eigenvalue weighted by atomic mass is 10.1. The number of nitrogens with one attached hydrogen (secondary N) is 3. The van der Waals surface area contributed by atoms with Crippen molar-refractivity contribution < 1.29 is 23.9 Å². The van der Waals surface area contributed by atoms with E-state index in [-0.39, 0.29) is 37.3 Å². The second-order valence-electron chi connectivity index (χ2n) is 10.5. The van der Waals surface area contributed by atoms with E-state index in [0.717, 1.165) is 26.7 Å². The fourth-order valence-corrected chi connectivity index (χ4v) is 6.34. The summed E-state index contributed by atoms with van der Waals surface area (Å²) >= 11 is 1.39. The Bertz CT molecular complexity index is 1710. The number of nitrogens with zero attached hydrogens (tertiary/aromatic N) is 2. The van der Waals surface area contributed by atoms with Gasteiger partial charge in [0.05, 0.1) is 43.4 Å². The summed E-state index contributed by atoms with van der Waals surface area (Å²) in [6.07, 6.45) is 0.181. The smallest absolute Gasteiger partial charge is 0.251 e. The highest BCUT2D eigenvalue weighted by Gasteiger charge is 2.52. The van der Waals surface area contributed by atoms with Crippen molar-refractivity contribution in [3.8, 4) is 0 Å². The van der Waals surface area contributed by atoms with Gasteiger partial charge in [-0.1, -0.05) is 18.2 Å². The lowest BCUT2D eigenvalue weighted by molar-refractivity contribution is -0.152. The molecule has 42 heavy (non-hydrogen) atoms. The quantitative estimate of drug-likeness (QED) is 0.147. The van der Waals surface area contributed by atoms with E-state index in [1.165, 1.54) is 16.2 Å². The molecule has 2 saturated heterocycles. The molecule has 2 fully saturated rings. The van der Waals surface area contributed by atoms with Crippen molar-refractivity contribution in [1.82, 2.24) is 20.5 Å². The molecule has 4 aromatic rings. The Balaban J connectivity index is 1.14. The molecule has 2 aromatic heterocycles. The molecule has 4 heterocycles. The third-order valence-corrected chi connectivity index (χ3v) is 8.74. The number of benzene rings is 2. The van der Waals surface area contributed by atoms with Crippen LogP contribution in [0.1, 0.15) is 40.2 Å². The molecule has 5 N–H and O–H groups in total. The molecule has 0 radical (unpaired) electrons. The first-order chi connectivity index (χ1) is 20.2. The molecule has 2 aliphatic heterocycles. The van der Waals surface area contributed by atoms with Crippen molar-refractivity contribution >= 4 is 56.7 Å². The number of para-hydroxylation sites is 1. The van der Waals surface area contributed by atoms with Gasteiger partial charge >= 0.3 is 0 Å². The molecule has 2 atom stereocenters. The van der Waals surface area contributed by atoms with Crippen LogP contribution in [0, 0.1) is 5.41 Å². The van der Waals surface area contributed by atoms with Crippen LogP contribution in [0.4, 0.5) is 0 Å². The van der Waals surface area contributed by atoms with Crippen molar-refractivity contribution in [2.75, 3.05) is 26.3 Å². The van der Waals surface area contributed by atoms with Crippen LogP contribution in [0.5, 0.6) is 0 Å². The number of ether oxygens (including phenoxy) is 2. The molecular weight excluding hydrogens is 556 g/mol. The number of carbonyl (C=O) groups excluding carboxylic acids is 3. The van der Waals surface area contributed by atoms with Crippen molar-refractivity contribution in [3.63, 3.8) is 0 Å². The average Bonchev–Trinajstić information content (AvgIpc) is 3.75. The second kappa shape index (κ2) is 11.1. The van der Waals surface area contributed by atoms with E-state index in [1.54, 1.807) is 29.6 Å². The number of aromatic nitrogens is 1. The largest absolute Gasteiger partial charge is 0.384 e. The first kappa shape index (κ1) is 27.8. The van der Waals surface area contributed by atoms with Crippen LogP contribution >= 0.6 is 11.3 Å². The van der Waals surface area contributed by atoms with E-state index in [2.05, 4.69) is 15.6 Å². The SMILES string of the molecule is CC(NC(=O)[C@@H]1CC2(CN1C(=O)CNC(=O)c1ccc3nc4ccccc4cc3c1)OCCO2)c1cc(C(=N)N)cs1. The Labute approximate surface area is 245 Å². The number of fused-ring (bicyclic) bond motifs is 2. The summed E-state index contributed by atoms with van der Waals surface area (Å²) in [5.74, 6) is -2.28. The molecule has 12 heteroatoms. The van der Waals surface area contributed by atoms with Crippen LogP contribution < -0.4 is 16.4 Å². The molecule has 2 aliphatic rings. The summed E-state index contributed by atoms with van der Waals surface area (Å²) in [6, 6.07) is 15.5. The summed E-state index contributed by atoms with van der Waals surface area (Å²) in [5.41, 5.74) is 8.20. The van der Waals surface area contributed by atoms with Crippen LogP contribution in [0.25, 0.3) is 21.8 Å². The maximum atomic E-state index is 13.4. The minimum atomic E-state index is -1.05. The maximum Gasteiger partial charge on any atom is 0.251 e. The fourth-order valence-electron chi connectivity index (χ4n) is 5.42. The molecule has 1 unspecified atom stereocenters. The van der Waals surface area contributed by atoms with Gasteiger partial charge < -0.3 is 30.7 Å². The standard InChI is InChI=1S/C30H30N6O5S/c1-17(25-12-21(15-42-25)27(31)32)34-29(39)24-13-30(40-8-9-41-30)16-36(24)26(37)14-33-28(38)19-6-7-23-20(11-19)10-18-4-2-3-5-22(18)35-23/h2-7,10-12,15,17,24H,8-9,13-14,16H2,1H3,(H3,31,32)(H,33,38)(H,34,39)/t17?,24-/m0/s1. The van der Waals surface area contributed by atoms with Gasteiger partial charge in [-0.3, -0.25) is 19.8 Å². The van der Waals surface area contributed by atoms with Gasteiger partial charge in [-0.15, -0.1) is 11.3 Å². The van der Waals surface area contributed by atoms with Crippen LogP contribution in [0.2, 0.25) is 0 Å². The van der Waals surface area contributed by atoms with Crippen LogP contribution in [-0.4, -0.2) is 71.6 Å². The third-order valence-electron chi connectivity index (χ3n) is 7.62. The summed E-state index contributed by atoms with van der Waals surface area (Å²) in [6.45, 7) is 2.36. The molecule has 11 nitrogen and oxygen atoms in total. The van der Waals surface area contributed by atoms with E-state index in [9.17, 15) is 14.4 Å². The van der Waals surface area contributed by atoms with Gasteiger partial charge in [-0.05, 0) is 43.3 Å². The van der Waals surface area contributed by atoms with E-state index >= 15 is 0 Å². The summed E-state index contributed by atoms with van der Waals surface area (Å²) < 4.78 is 11.6. The zero-order chi connectivity index (χ0) is 29.4. The molecule has 3 amide bonds. The highest BCUT2D eigenvalue weighted by atomic mass is 32.1. The fraction of sp³-hybridized carbons (Fsp3) is 0.300. The molecule has 2 aromatic carbocycles. The van der Waals surface area contributed by atoms with Gasteiger partial charge in [0, 0.05) is 38.6 Å². The number of rotatable bonds is 7. The Hall–Kier alpha value is -4.39. The minimum Gasteiger partial charge on any atom is -0.384 e. The predicted octanol–water partition coefficient (Wildman–Crippen LogP) is 2.68. The summed E-state index contributed by atoms with van der Waals surface area (Å²) in [5, 5.41) is 16.8. The second-order valence-corrected chi connectivity index (χ2v) is 11.4. The van der Waals surface area contributed by atoms with E-state index in [4.69, 9.17) is 20.6 Å². The average molecular weight is 587 g/mol. The van der Waals surface area contributed by atoms with E-state index in [1.807, 2.05) is 37.3 Å². The third kappa shape index (κ3) is 5.43.